The zero-order valence-electron chi connectivity index (χ0n) is 19.2. The van der Waals surface area contributed by atoms with Crippen molar-refractivity contribution in [1.29, 1.82) is 0 Å². The summed E-state index contributed by atoms with van der Waals surface area (Å²) in [7, 11) is 0. The molecule has 3 aromatic rings. The number of nitrogens with one attached hydrogen (secondary N) is 1. The number of fused-ring (bicyclic) bond motifs is 1. The second-order valence-electron chi connectivity index (χ2n) is 8.81. The number of piperidine rings is 1. The van der Waals surface area contributed by atoms with Crippen LogP contribution >= 0.6 is 11.3 Å². The maximum atomic E-state index is 13.6. The minimum Gasteiger partial charge on any atom is -0.392 e. The number of hydrogen-bond donors (Lipinski definition) is 1. The van der Waals surface area contributed by atoms with Crippen LogP contribution < -0.4 is 10.1 Å². The number of carbonyl (C=O) groups excluding carboxylic acids is 2. The van der Waals surface area contributed by atoms with Gasteiger partial charge in [-0.3, -0.25) is 4.79 Å². The zero-order valence-corrected chi connectivity index (χ0v) is 20.1. The highest BCUT2D eigenvalue weighted by Gasteiger charge is 2.54. The zero-order chi connectivity index (χ0) is 24.0. The molecule has 0 radical (unpaired) electrons. The Morgan fingerprint density at radius 1 is 1.26 bits per heavy atom. The van der Waals surface area contributed by atoms with Gasteiger partial charge < -0.3 is 15.0 Å². The molecule has 0 spiro atoms. The van der Waals surface area contributed by atoms with Crippen molar-refractivity contribution in [1.82, 2.24) is 25.0 Å². The summed E-state index contributed by atoms with van der Waals surface area (Å²) in [6, 6.07) is 7.69. The standard InChI is InChI=1S/C24H26FN5O3S/c1-4-30-20(9-13(2)28-30)33-24(32)26-11-19-18-10-16(18)12-29(19)23(31)21-22(34-14(3)27-21)15-5-7-17(25)8-6-15/h5-9,16,18-19H,4,10-12H2,1-3H3,(H,26,32)/t16-,18-,19+/m0/s1. The van der Waals surface area contributed by atoms with Crippen LogP contribution in [0.4, 0.5) is 9.18 Å². The van der Waals surface area contributed by atoms with Crippen molar-refractivity contribution >= 4 is 23.3 Å². The fraction of sp³-hybridized carbons (Fsp3) is 0.417. The number of thiazole rings is 1. The number of rotatable bonds is 6. The van der Waals surface area contributed by atoms with Gasteiger partial charge in [-0.25, -0.2) is 18.9 Å². The Morgan fingerprint density at radius 3 is 2.76 bits per heavy atom. The van der Waals surface area contributed by atoms with Crippen LogP contribution in [0.25, 0.3) is 10.4 Å². The summed E-state index contributed by atoms with van der Waals surface area (Å²) in [4.78, 5) is 33.1. The van der Waals surface area contributed by atoms with E-state index in [-0.39, 0.29) is 17.8 Å². The summed E-state index contributed by atoms with van der Waals surface area (Å²) in [5, 5.41) is 7.88. The minimum absolute atomic E-state index is 0.119. The number of carbonyl (C=O) groups is 2. The quantitative estimate of drug-likeness (QED) is 0.572. The van der Waals surface area contributed by atoms with E-state index in [1.54, 1.807) is 22.9 Å². The largest absolute Gasteiger partial charge is 0.414 e. The van der Waals surface area contributed by atoms with Crippen molar-refractivity contribution in [3.8, 4) is 16.3 Å². The van der Waals surface area contributed by atoms with Crippen LogP contribution in [-0.4, -0.2) is 50.8 Å². The molecule has 5 rings (SSSR count). The second kappa shape index (κ2) is 8.83. The molecule has 1 saturated heterocycles. The van der Waals surface area contributed by atoms with Crippen molar-refractivity contribution in [2.24, 2.45) is 11.8 Å². The average Bonchev–Trinajstić information content (AvgIpc) is 3.12. The minimum atomic E-state index is -0.567. The Labute approximate surface area is 200 Å². The summed E-state index contributed by atoms with van der Waals surface area (Å²) in [5.74, 6) is 0.720. The van der Waals surface area contributed by atoms with Crippen molar-refractivity contribution in [2.75, 3.05) is 13.1 Å². The first kappa shape index (κ1) is 22.5. The van der Waals surface area contributed by atoms with Crippen LogP contribution in [0, 0.1) is 31.5 Å². The van der Waals surface area contributed by atoms with Crippen LogP contribution in [0.3, 0.4) is 0 Å². The van der Waals surface area contributed by atoms with Gasteiger partial charge in [0.25, 0.3) is 5.91 Å². The van der Waals surface area contributed by atoms with Crippen molar-refractivity contribution in [2.45, 2.75) is 39.8 Å². The molecule has 1 aliphatic heterocycles. The second-order valence-corrected chi connectivity index (χ2v) is 10.0. The van der Waals surface area contributed by atoms with E-state index in [0.29, 0.717) is 43.0 Å². The molecule has 2 amide bonds. The molecular weight excluding hydrogens is 457 g/mol. The van der Waals surface area contributed by atoms with E-state index in [2.05, 4.69) is 15.4 Å². The van der Waals surface area contributed by atoms with E-state index in [4.69, 9.17) is 4.74 Å². The molecule has 2 fully saturated rings. The lowest BCUT2D eigenvalue weighted by molar-refractivity contribution is 0.0699. The van der Waals surface area contributed by atoms with Gasteiger partial charge in [-0.15, -0.1) is 11.3 Å². The van der Waals surface area contributed by atoms with Crippen LogP contribution in [0.5, 0.6) is 5.88 Å². The van der Waals surface area contributed by atoms with Crippen LogP contribution in [0.15, 0.2) is 30.3 Å². The van der Waals surface area contributed by atoms with E-state index in [0.717, 1.165) is 27.6 Å². The lowest BCUT2D eigenvalue weighted by atomic mass is 10.1. The van der Waals surface area contributed by atoms with Gasteiger partial charge in [0.15, 0.2) is 0 Å². The number of nitrogens with zero attached hydrogens (tertiary/aromatic N) is 4. The number of benzene rings is 1. The first-order valence-electron chi connectivity index (χ1n) is 11.4. The number of aromatic nitrogens is 3. The summed E-state index contributed by atoms with van der Waals surface area (Å²) in [6.07, 6.45) is 0.482. The van der Waals surface area contributed by atoms with Crippen molar-refractivity contribution in [3.05, 3.63) is 52.5 Å². The fourth-order valence-corrected chi connectivity index (χ4v) is 5.64. The monoisotopic (exact) mass is 483 g/mol. The molecule has 10 heteroatoms. The van der Waals surface area contributed by atoms with E-state index >= 15 is 0 Å². The maximum absolute atomic E-state index is 13.6. The number of amides is 2. The molecule has 1 N–H and O–H groups in total. The van der Waals surface area contributed by atoms with Gasteiger partial charge in [0.2, 0.25) is 5.88 Å². The Balaban J connectivity index is 1.29. The third-order valence-electron chi connectivity index (χ3n) is 6.42. The molecule has 178 valence electrons. The maximum Gasteiger partial charge on any atom is 0.414 e. The average molecular weight is 484 g/mol. The first-order valence-corrected chi connectivity index (χ1v) is 12.2. The predicted molar refractivity (Wildman–Crippen MR) is 125 cm³/mol. The summed E-state index contributed by atoms with van der Waals surface area (Å²) >= 11 is 1.42. The Morgan fingerprint density at radius 2 is 2.03 bits per heavy atom. The highest BCUT2D eigenvalue weighted by atomic mass is 32.1. The topological polar surface area (TPSA) is 89.4 Å². The first-order chi connectivity index (χ1) is 16.3. The fourth-order valence-electron chi connectivity index (χ4n) is 4.72. The van der Waals surface area contributed by atoms with Crippen LogP contribution in [0.2, 0.25) is 0 Å². The van der Waals surface area contributed by atoms with Crippen molar-refractivity contribution < 1.29 is 18.7 Å². The highest BCUT2D eigenvalue weighted by molar-refractivity contribution is 7.15. The van der Waals surface area contributed by atoms with Crippen LogP contribution in [-0.2, 0) is 6.54 Å². The van der Waals surface area contributed by atoms with Gasteiger partial charge in [0, 0.05) is 25.7 Å². The molecule has 1 saturated carbocycles. The molecule has 1 aliphatic carbocycles. The number of ether oxygens (including phenoxy) is 1. The van der Waals surface area contributed by atoms with Gasteiger partial charge in [0.1, 0.15) is 11.5 Å². The molecule has 3 atom stereocenters. The van der Waals surface area contributed by atoms with E-state index in [1.165, 1.54) is 23.5 Å². The Bertz CT molecular complexity index is 1240. The molecule has 1 aromatic carbocycles. The highest BCUT2D eigenvalue weighted by Crippen LogP contribution is 2.50. The van der Waals surface area contributed by atoms with Gasteiger partial charge in [-0.2, -0.15) is 5.10 Å². The summed E-state index contributed by atoms with van der Waals surface area (Å²) in [6.45, 7) is 7.16. The molecule has 34 heavy (non-hydrogen) atoms. The summed E-state index contributed by atoms with van der Waals surface area (Å²) in [5.41, 5.74) is 1.92. The van der Waals surface area contributed by atoms with Gasteiger partial charge in [-0.1, -0.05) is 12.1 Å². The summed E-state index contributed by atoms with van der Waals surface area (Å²) < 4.78 is 20.5. The van der Waals surface area contributed by atoms with E-state index in [9.17, 15) is 14.0 Å². The molecular formula is C24H26FN5O3S. The third-order valence-corrected chi connectivity index (χ3v) is 7.44. The van der Waals surface area contributed by atoms with Gasteiger partial charge in [0.05, 0.1) is 21.6 Å². The third kappa shape index (κ3) is 4.29. The molecule has 0 unspecified atom stereocenters. The predicted octanol–water partition coefficient (Wildman–Crippen LogP) is 4.03. The number of halogens is 1. The smallest absolute Gasteiger partial charge is 0.392 e. The molecule has 2 aliphatic rings. The molecule has 2 aromatic heterocycles. The molecule has 8 nitrogen and oxygen atoms in total. The SMILES string of the molecule is CCn1nc(C)cc1OC(=O)NC[C@@H]1[C@H]2C[C@H]2CN1C(=O)c1nc(C)sc1-c1ccc(F)cc1. The number of aryl methyl sites for hydroxylation is 3. The van der Waals surface area contributed by atoms with Gasteiger partial charge >= 0.3 is 6.09 Å². The van der Waals surface area contributed by atoms with Gasteiger partial charge in [-0.05, 0) is 56.7 Å². The van der Waals surface area contributed by atoms with E-state index in [1.807, 2.05) is 25.7 Å². The molecule has 0 bridgehead atoms. The molecule has 3 heterocycles. The number of hydrogen-bond acceptors (Lipinski definition) is 6. The van der Waals surface area contributed by atoms with E-state index < -0.39 is 6.09 Å². The normalized spacial score (nSPS) is 20.8. The number of likely N-dealkylation sites (tertiary alicyclic amines) is 1. The van der Waals surface area contributed by atoms with Crippen molar-refractivity contribution in [3.63, 3.8) is 0 Å². The van der Waals surface area contributed by atoms with Crippen LogP contribution in [0.1, 0.15) is 34.5 Å². The Hall–Kier alpha value is -3.27. The lowest BCUT2D eigenvalue weighted by Crippen LogP contribution is -2.46. The lowest BCUT2D eigenvalue weighted by Gasteiger charge is -2.27. The Kier molecular flexibility index (Phi) is 5.85.